The number of hydrogen-bond donors (Lipinski definition) is 3. The molecule has 6 nitrogen and oxygen atoms in total. The monoisotopic (exact) mass is 363 g/mol. The fourth-order valence-corrected chi connectivity index (χ4v) is 5.45. The molecule has 4 rings (SSSR count). The first kappa shape index (κ1) is 17.0. The van der Waals surface area contributed by atoms with E-state index in [-0.39, 0.29) is 23.1 Å². The molecule has 7 heteroatoms. The Morgan fingerprint density at radius 2 is 1.76 bits per heavy atom. The lowest BCUT2D eigenvalue weighted by molar-refractivity contribution is -0.133. The van der Waals surface area contributed by atoms with Gasteiger partial charge in [0.1, 0.15) is 0 Å². The van der Waals surface area contributed by atoms with Gasteiger partial charge in [0.2, 0.25) is 15.9 Å². The van der Waals surface area contributed by atoms with E-state index in [4.69, 9.17) is 0 Å². The molecule has 0 aromatic heterocycles. The van der Waals surface area contributed by atoms with Gasteiger partial charge in [-0.2, -0.15) is 0 Å². The topological polar surface area (TPSA) is 87.3 Å². The number of benzene rings is 1. The van der Waals surface area contributed by atoms with Gasteiger partial charge in [-0.1, -0.05) is 37.1 Å². The van der Waals surface area contributed by atoms with E-state index in [9.17, 15) is 13.2 Å². The second-order valence-corrected chi connectivity index (χ2v) is 9.52. The quantitative estimate of drug-likeness (QED) is 0.744. The maximum atomic E-state index is 12.1. The van der Waals surface area contributed by atoms with Gasteiger partial charge in [-0.25, -0.2) is 18.6 Å². The van der Waals surface area contributed by atoms with E-state index in [1.807, 2.05) is 24.3 Å². The van der Waals surface area contributed by atoms with E-state index < -0.39 is 10.0 Å². The number of nitrogens with one attached hydrogen (secondary N) is 3. The fourth-order valence-electron chi connectivity index (χ4n) is 4.09. The summed E-state index contributed by atoms with van der Waals surface area (Å²) in [6, 6.07) is 8.16. The van der Waals surface area contributed by atoms with Crippen molar-refractivity contribution in [3.8, 4) is 0 Å². The molecule has 1 heterocycles. The van der Waals surface area contributed by atoms with Gasteiger partial charge in [-0.3, -0.25) is 10.2 Å². The maximum absolute atomic E-state index is 12.1. The van der Waals surface area contributed by atoms with Crippen LogP contribution in [0.5, 0.6) is 0 Å². The molecule has 25 heavy (non-hydrogen) atoms. The van der Waals surface area contributed by atoms with Crippen molar-refractivity contribution in [2.75, 3.05) is 0 Å². The molecule has 1 amide bonds. The Kier molecular flexibility index (Phi) is 4.56. The molecular formula is C18H25N3O3S. The van der Waals surface area contributed by atoms with Crippen molar-refractivity contribution in [2.24, 2.45) is 11.8 Å². The molecule has 0 radical (unpaired) electrons. The van der Waals surface area contributed by atoms with E-state index in [2.05, 4.69) is 15.6 Å². The molecule has 2 aliphatic carbocycles. The van der Waals surface area contributed by atoms with Crippen LogP contribution < -0.4 is 15.6 Å². The highest BCUT2D eigenvalue weighted by Gasteiger charge is 2.40. The first-order chi connectivity index (χ1) is 12.0. The van der Waals surface area contributed by atoms with Gasteiger partial charge >= 0.3 is 0 Å². The van der Waals surface area contributed by atoms with Crippen LogP contribution in [0.2, 0.25) is 0 Å². The van der Waals surface area contributed by atoms with Crippen molar-refractivity contribution < 1.29 is 13.2 Å². The highest BCUT2D eigenvalue weighted by atomic mass is 32.2. The molecule has 2 saturated carbocycles. The molecule has 3 unspecified atom stereocenters. The number of hydrazine groups is 1. The third-order valence-electron chi connectivity index (χ3n) is 5.71. The molecule has 3 N–H and O–H groups in total. The summed E-state index contributed by atoms with van der Waals surface area (Å²) in [5.74, 6) is 0.554. The third-order valence-corrected chi connectivity index (χ3v) is 7.61. The molecule has 1 aromatic carbocycles. The van der Waals surface area contributed by atoms with Crippen LogP contribution in [0.3, 0.4) is 0 Å². The average molecular weight is 363 g/mol. The Bertz CT molecular complexity index is 743. The fraction of sp³-hybridized carbons (Fsp3) is 0.611. The Morgan fingerprint density at radius 1 is 1.04 bits per heavy atom. The lowest BCUT2D eigenvalue weighted by Gasteiger charge is -2.41. The van der Waals surface area contributed by atoms with Crippen molar-refractivity contribution in [3.63, 3.8) is 0 Å². The maximum Gasteiger partial charge on any atom is 0.237 e. The Hall–Kier alpha value is -1.44. The van der Waals surface area contributed by atoms with Gasteiger partial charge in [-0.15, -0.1) is 0 Å². The zero-order valence-corrected chi connectivity index (χ0v) is 15.0. The number of sulfonamides is 1. The number of fused-ring (bicyclic) bond motifs is 1. The van der Waals surface area contributed by atoms with E-state index in [0.29, 0.717) is 12.5 Å². The van der Waals surface area contributed by atoms with Crippen LogP contribution in [0.4, 0.5) is 0 Å². The van der Waals surface area contributed by atoms with E-state index in [1.54, 1.807) is 0 Å². The van der Waals surface area contributed by atoms with Gasteiger partial charge in [0, 0.05) is 12.5 Å². The standard InChI is InChI=1S/C18H25N3O3S/c22-18-16-4-2-1-3-15(16)17(20-21-18)13-7-5-12(6-8-13)11-19-25(23,24)14-9-10-14/h5-8,14-17,19-20H,1-4,9-11H2,(H,21,22). The third kappa shape index (κ3) is 3.59. The van der Waals surface area contributed by atoms with Crippen LogP contribution >= 0.6 is 0 Å². The predicted octanol–water partition coefficient (Wildman–Crippen LogP) is 1.75. The number of rotatable bonds is 5. The first-order valence-electron chi connectivity index (χ1n) is 9.17. The molecule has 0 spiro atoms. The molecule has 3 fully saturated rings. The summed E-state index contributed by atoms with van der Waals surface area (Å²) < 4.78 is 26.5. The molecule has 3 aliphatic rings. The zero-order valence-electron chi connectivity index (χ0n) is 14.2. The molecule has 0 bridgehead atoms. The lowest BCUT2D eigenvalue weighted by atomic mass is 9.72. The Balaban J connectivity index is 1.43. The summed E-state index contributed by atoms with van der Waals surface area (Å²) in [7, 11) is -3.15. The van der Waals surface area contributed by atoms with Crippen LogP contribution in [0.25, 0.3) is 0 Å². The Morgan fingerprint density at radius 3 is 2.48 bits per heavy atom. The average Bonchev–Trinajstić information content (AvgIpc) is 3.47. The smallest absolute Gasteiger partial charge is 0.237 e. The van der Waals surface area contributed by atoms with Crippen LogP contribution in [0.15, 0.2) is 24.3 Å². The zero-order chi connectivity index (χ0) is 17.4. The summed E-state index contributed by atoms with van der Waals surface area (Å²) in [5.41, 5.74) is 8.10. The minimum Gasteiger partial charge on any atom is -0.291 e. The summed E-state index contributed by atoms with van der Waals surface area (Å²) >= 11 is 0. The highest BCUT2D eigenvalue weighted by molar-refractivity contribution is 7.90. The van der Waals surface area contributed by atoms with Gasteiger partial charge < -0.3 is 0 Å². The summed E-state index contributed by atoms with van der Waals surface area (Å²) in [6.45, 7) is 0.333. The summed E-state index contributed by atoms with van der Waals surface area (Å²) in [6.07, 6.45) is 5.88. The minimum atomic E-state index is -3.15. The van der Waals surface area contributed by atoms with Crippen molar-refractivity contribution in [3.05, 3.63) is 35.4 Å². The molecule has 1 aliphatic heterocycles. The molecular weight excluding hydrogens is 338 g/mol. The first-order valence-corrected chi connectivity index (χ1v) is 10.7. The SMILES string of the molecule is O=C1NNC(c2ccc(CNS(=O)(=O)C3CC3)cc2)C2CCCCC12. The lowest BCUT2D eigenvalue weighted by Crippen LogP contribution is -2.55. The van der Waals surface area contributed by atoms with Crippen LogP contribution in [-0.2, 0) is 21.4 Å². The van der Waals surface area contributed by atoms with Gasteiger partial charge in [0.25, 0.3) is 0 Å². The van der Waals surface area contributed by atoms with Crippen molar-refractivity contribution in [2.45, 2.75) is 56.4 Å². The normalized spacial score (nSPS) is 29.8. The van der Waals surface area contributed by atoms with E-state index in [1.165, 1.54) is 6.42 Å². The molecule has 1 aromatic rings. The Labute approximate surface area is 148 Å². The minimum absolute atomic E-state index is 0.102. The molecule has 136 valence electrons. The van der Waals surface area contributed by atoms with Gasteiger partial charge in [-0.05, 0) is 42.7 Å². The van der Waals surface area contributed by atoms with Crippen LogP contribution in [-0.4, -0.2) is 19.6 Å². The van der Waals surface area contributed by atoms with Crippen molar-refractivity contribution in [1.29, 1.82) is 0 Å². The second kappa shape index (κ2) is 6.70. The van der Waals surface area contributed by atoms with Crippen LogP contribution in [0, 0.1) is 11.8 Å². The second-order valence-electron chi connectivity index (χ2n) is 7.47. The molecule has 3 atom stereocenters. The van der Waals surface area contributed by atoms with Crippen molar-refractivity contribution in [1.82, 2.24) is 15.6 Å². The number of amides is 1. The predicted molar refractivity (Wildman–Crippen MR) is 94.7 cm³/mol. The van der Waals surface area contributed by atoms with E-state index in [0.717, 1.165) is 43.2 Å². The number of carbonyl (C=O) groups excluding carboxylic acids is 1. The largest absolute Gasteiger partial charge is 0.291 e. The van der Waals surface area contributed by atoms with Crippen LogP contribution in [0.1, 0.15) is 55.7 Å². The van der Waals surface area contributed by atoms with E-state index >= 15 is 0 Å². The highest BCUT2D eigenvalue weighted by Crippen LogP contribution is 2.40. The number of carbonyl (C=O) groups is 1. The summed E-state index contributed by atoms with van der Waals surface area (Å²) in [5, 5.41) is -0.190. The molecule has 1 saturated heterocycles. The number of hydrogen-bond acceptors (Lipinski definition) is 4. The van der Waals surface area contributed by atoms with Gasteiger partial charge in [0.15, 0.2) is 0 Å². The van der Waals surface area contributed by atoms with Crippen molar-refractivity contribution >= 4 is 15.9 Å². The van der Waals surface area contributed by atoms with Gasteiger partial charge in [0.05, 0.1) is 11.3 Å². The summed E-state index contributed by atoms with van der Waals surface area (Å²) in [4.78, 5) is 12.1.